The number of halogens is 1. The van der Waals surface area contributed by atoms with E-state index in [1.54, 1.807) is 7.05 Å². The molecule has 0 spiro atoms. The Morgan fingerprint density at radius 3 is 2.61 bits per heavy atom. The van der Waals surface area contributed by atoms with Crippen LogP contribution in [-0.2, 0) is 17.1 Å². The van der Waals surface area contributed by atoms with Gasteiger partial charge >= 0.3 is 0 Å². The van der Waals surface area contributed by atoms with Crippen LogP contribution in [0.4, 0.5) is 0 Å². The summed E-state index contributed by atoms with van der Waals surface area (Å²) in [6, 6.07) is 0.0248. The summed E-state index contributed by atoms with van der Waals surface area (Å²) in [4.78, 5) is 0. The first-order valence-electron chi connectivity index (χ1n) is 5.76. The summed E-state index contributed by atoms with van der Waals surface area (Å²) >= 11 is 3.15. The minimum atomic E-state index is -3.56. The van der Waals surface area contributed by atoms with Crippen LogP contribution in [0.3, 0.4) is 0 Å². The lowest BCUT2D eigenvalue weighted by atomic mass is 10.2. The molecule has 7 nitrogen and oxygen atoms in total. The van der Waals surface area contributed by atoms with Gasteiger partial charge in [-0.3, -0.25) is 0 Å². The van der Waals surface area contributed by atoms with E-state index in [-0.39, 0.29) is 15.7 Å². The van der Waals surface area contributed by atoms with Crippen LogP contribution in [0, 0.1) is 0 Å². The van der Waals surface area contributed by atoms with E-state index >= 15 is 0 Å². The second-order valence-electron chi connectivity index (χ2n) is 4.24. The topological polar surface area (TPSA) is 80.1 Å². The molecular formula is C9H16BrN5O2S. The van der Waals surface area contributed by atoms with E-state index in [1.165, 1.54) is 8.99 Å². The van der Waals surface area contributed by atoms with Crippen molar-refractivity contribution >= 4 is 26.0 Å². The lowest BCUT2D eigenvalue weighted by molar-refractivity contribution is 0.240. The zero-order valence-electron chi connectivity index (χ0n) is 10.3. The number of nitrogens with zero attached hydrogens (tertiary/aromatic N) is 4. The van der Waals surface area contributed by atoms with Gasteiger partial charge in [-0.1, -0.05) is 12.1 Å². The molecule has 2 rings (SSSR count). The van der Waals surface area contributed by atoms with E-state index < -0.39 is 10.0 Å². The lowest BCUT2D eigenvalue weighted by Crippen LogP contribution is -2.59. The van der Waals surface area contributed by atoms with Crippen molar-refractivity contribution in [2.75, 3.05) is 19.6 Å². The van der Waals surface area contributed by atoms with Crippen LogP contribution in [0.2, 0.25) is 0 Å². The smallest absolute Gasteiger partial charge is 0.263 e. The van der Waals surface area contributed by atoms with Crippen molar-refractivity contribution in [2.45, 2.75) is 24.4 Å². The summed E-state index contributed by atoms with van der Waals surface area (Å²) in [7, 11) is -1.98. The number of rotatable bonds is 5. The summed E-state index contributed by atoms with van der Waals surface area (Å²) in [5.41, 5.74) is 0. The zero-order valence-corrected chi connectivity index (χ0v) is 12.7. The first-order chi connectivity index (χ1) is 8.48. The van der Waals surface area contributed by atoms with Crippen molar-refractivity contribution in [3.63, 3.8) is 0 Å². The van der Waals surface area contributed by atoms with Crippen molar-refractivity contribution in [1.29, 1.82) is 0 Å². The maximum Gasteiger partial charge on any atom is 0.263 e. The van der Waals surface area contributed by atoms with Crippen LogP contribution < -0.4 is 5.32 Å². The first-order valence-corrected chi connectivity index (χ1v) is 7.99. The monoisotopic (exact) mass is 337 g/mol. The number of nitrogens with one attached hydrogen (secondary N) is 1. The van der Waals surface area contributed by atoms with E-state index in [9.17, 15) is 8.42 Å². The Morgan fingerprint density at radius 2 is 2.22 bits per heavy atom. The number of aromatic nitrogens is 3. The van der Waals surface area contributed by atoms with Gasteiger partial charge in [0.05, 0.1) is 6.04 Å². The van der Waals surface area contributed by atoms with Gasteiger partial charge in [0.1, 0.15) is 0 Å². The second kappa shape index (κ2) is 5.24. The van der Waals surface area contributed by atoms with Crippen LogP contribution in [0.25, 0.3) is 0 Å². The normalized spacial score (nSPS) is 17.1. The molecule has 0 bridgehead atoms. The molecule has 18 heavy (non-hydrogen) atoms. The van der Waals surface area contributed by atoms with Gasteiger partial charge in [-0.25, -0.2) is 13.1 Å². The van der Waals surface area contributed by atoms with E-state index in [2.05, 4.69) is 31.6 Å². The predicted molar refractivity (Wildman–Crippen MR) is 69.5 cm³/mol. The Balaban J connectivity index is 2.38. The highest BCUT2D eigenvalue weighted by molar-refractivity contribution is 9.10. The summed E-state index contributed by atoms with van der Waals surface area (Å²) in [6.45, 7) is 3.86. The minimum Gasteiger partial charge on any atom is -0.313 e. The average molecular weight is 338 g/mol. The van der Waals surface area contributed by atoms with E-state index in [4.69, 9.17) is 0 Å². The fraction of sp³-hybridized carbons (Fsp3) is 0.778. The first kappa shape index (κ1) is 13.9. The van der Waals surface area contributed by atoms with Crippen LogP contribution in [-0.4, -0.2) is 53.4 Å². The van der Waals surface area contributed by atoms with Gasteiger partial charge in [0, 0.05) is 26.7 Å². The molecule has 102 valence electrons. The van der Waals surface area contributed by atoms with E-state index in [0.717, 1.165) is 6.42 Å². The molecule has 0 saturated carbocycles. The quantitative estimate of drug-likeness (QED) is 0.814. The zero-order chi connectivity index (χ0) is 13.3. The minimum absolute atomic E-state index is 0.0248. The standard InChI is InChI=1S/C9H16BrN5O2S/c1-3-4-15(7-5-11-6-7)18(16,17)9-8(10)12-13-14(9)2/h7,11H,3-6H2,1-2H3. The van der Waals surface area contributed by atoms with Crippen molar-refractivity contribution < 1.29 is 8.42 Å². The van der Waals surface area contributed by atoms with Crippen molar-refractivity contribution in [2.24, 2.45) is 7.05 Å². The molecule has 1 aliphatic heterocycles. The third kappa shape index (κ3) is 2.31. The Hall–Kier alpha value is -0.510. The maximum atomic E-state index is 12.6. The third-order valence-electron chi connectivity index (χ3n) is 2.90. The highest BCUT2D eigenvalue weighted by atomic mass is 79.9. The highest BCUT2D eigenvalue weighted by Crippen LogP contribution is 2.24. The molecule has 1 fully saturated rings. The molecule has 0 amide bonds. The van der Waals surface area contributed by atoms with Gasteiger partial charge in [-0.2, -0.15) is 4.31 Å². The van der Waals surface area contributed by atoms with Crippen molar-refractivity contribution in [3.05, 3.63) is 4.60 Å². The van der Waals surface area contributed by atoms with E-state index in [1.807, 2.05) is 6.92 Å². The average Bonchev–Trinajstić information content (AvgIpc) is 2.55. The SMILES string of the molecule is CCCN(C1CNC1)S(=O)(=O)c1c(Br)nnn1C. The largest absolute Gasteiger partial charge is 0.313 e. The molecule has 1 saturated heterocycles. The second-order valence-corrected chi connectivity index (χ2v) is 6.79. The Morgan fingerprint density at radius 1 is 1.56 bits per heavy atom. The summed E-state index contributed by atoms with van der Waals surface area (Å²) in [5, 5.41) is 10.7. The molecule has 1 aliphatic rings. The van der Waals surface area contributed by atoms with Gasteiger partial charge in [0.25, 0.3) is 10.0 Å². The number of hydrogen-bond donors (Lipinski definition) is 1. The highest BCUT2D eigenvalue weighted by Gasteiger charge is 2.37. The lowest BCUT2D eigenvalue weighted by Gasteiger charge is -2.36. The molecule has 1 aromatic rings. The summed E-state index contributed by atoms with van der Waals surface area (Å²) < 4.78 is 28.3. The Labute approximate surface area is 115 Å². The van der Waals surface area contributed by atoms with E-state index in [0.29, 0.717) is 19.6 Å². The van der Waals surface area contributed by atoms with Gasteiger partial charge in [-0.15, -0.1) is 5.10 Å². The number of hydrogen-bond acceptors (Lipinski definition) is 5. The van der Waals surface area contributed by atoms with Crippen LogP contribution >= 0.6 is 15.9 Å². The molecule has 0 aromatic carbocycles. The molecule has 1 aromatic heterocycles. The van der Waals surface area contributed by atoms with Crippen LogP contribution in [0.15, 0.2) is 9.63 Å². The van der Waals surface area contributed by atoms with Crippen LogP contribution in [0.5, 0.6) is 0 Å². The van der Waals surface area contributed by atoms with Crippen LogP contribution in [0.1, 0.15) is 13.3 Å². The van der Waals surface area contributed by atoms with Crippen molar-refractivity contribution in [3.8, 4) is 0 Å². The van der Waals surface area contributed by atoms with Crippen molar-refractivity contribution in [1.82, 2.24) is 24.6 Å². The molecule has 2 heterocycles. The number of aryl methyl sites for hydroxylation is 1. The van der Waals surface area contributed by atoms with Gasteiger partial charge in [-0.05, 0) is 22.4 Å². The molecule has 9 heteroatoms. The Bertz CT molecular complexity index is 506. The van der Waals surface area contributed by atoms with Gasteiger partial charge < -0.3 is 5.32 Å². The molecule has 0 radical (unpaired) electrons. The number of sulfonamides is 1. The third-order valence-corrected chi connectivity index (χ3v) is 5.74. The molecule has 0 aliphatic carbocycles. The molecule has 0 atom stereocenters. The summed E-state index contributed by atoms with van der Waals surface area (Å²) in [5.74, 6) is 0. The van der Waals surface area contributed by atoms with Gasteiger partial charge in [0.15, 0.2) is 4.60 Å². The Kier molecular flexibility index (Phi) is 4.05. The fourth-order valence-electron chi connectivity index (χ4n) is 1.90. The molecule has 0 unspecified atom stereocenters. The molecule has 1 N–H and O–H groups in total. The maximum absolute atomic E-state index is 12.6. The van der Waals surface area contributed by atoms with Gasteiger partial charge in [0.2, 0.25) is 5.03 Å². The molecular weight excluding hydrogens is 322 g/mol. The fourth-order valence-corrected chi connectivity index (χ4v) is 4.66. The summed E-state index contributed by atoms with van der Waals surface area (Å²) in [6.07, 6.45) is 0.776. The predicted octanol–water partition coefficient (Wildman–Crippen LogP) is -0.0499.